The third-order valence-electron chi connectivity index (χ3n) is 3.06. The molecule has 0 spiro atoms. The molecule has 88 valence electrons. The molecule has 0 atom stereocenters. The summed E-state index contributed by atoms with van der Waals surface area (Å²) in [5, 5.41) is 0. The zero-order valence-corrected chi connectivity index (χ0v) is 10.1. The van der Waals surface area contributed by atoms with Gasteiger partial charge in [-0.05, 0) is 18.9 Å². The molecule has 0 fully saturated rings. The number of carbonyl (C=O) groups excluding carboxylic acids is 2. The van der Waals surface area contributed by atoms with Crippen molar-refractivity contribution in [3.63, 3.8) is 0 Å². The number of nitrogens with zero attached hydrogens (tertiary/aromatic N) is 1. The van der Waals surface area contributed by atoms with E-state index in [0.29, 0.717) is 24.1 Å². The Morgan fingerprint density at radius 2 is 1.71 bits per heavy atom. The first-order chi connectivity index (χ1) is 8.15. The normalized spacial score (nSPS) is 16.0. The molecule has 1 aliphatic rings. The Labute approximate surface area is 101 Å². The summed E-state index contributed by atoms with van der Waals surface area (Å²) in [6, 6.07) is 9.56. The number of benzene rings is 1. The van der Waals surface area contributed by atoms with E-state index in [-0.39, 0.29) is 11.8 Å². The highest BCUT2D eigenvalue weighted by atomic mass is 16.2. The number of imide groups is 1. The van der Waals surface area contributed by atoms with Crippen LogP contribution in [-0.4, -0.2) is 16.7 Å². The molecule has 0 N–H and O–H groups in total. The molecule has 0 saturated carbocycles. The van der Waals surface area contributed by atoms with Crippen LogP contribution in [0.5, 0.6) is 0 Å². The highest BCUT2D eigenvalue weighted by Crippen LogP contribution is 2.24. The Kier molecular flexibility index (Phi) is 3.09. The Hall–Kier alpha value is -1.90. The number of carbonyl (C=O) groups is 2. The summed E-state index contributed by atoms with van der Waals surface area (Å²) < 4.78 is 0. The van der Waals surface area contributed by atoms with Gasteiger partial charge in [-0.15, -0.1) is 0 Å². The molecule has 2 amide bonds. The SMILES string of the molecule is CCC1=C(C)C(=O)N(Cc2ccccc2)C1=O. The second kappa shape index (κ2) is 4.53. The molecular weight excluding hydrogens is 214 g/mol. The average Bonchev–Trinajstić information content (AvgIpc) is 2.55. The summed E-state index contributed by atoms with van der Waals surface area (Å²) in [6.07, 6.45) is 0.613. The molecule has 0 saturated heterocycles. The van der Waals surface area contributed by atoms with Crippen LogP contribution in [0.3, 0.4) is 0 Å². The van der Waals surface area contributed by atoms with Crippen LogP contribution >= 0.6 is 0 Å². The summed E-state index contributed by atoms with van der Waals surface area (Å²) in [7, 11) is 0. The van der Waals surface area contributed by atoms with Gasteiger partial charge in [0, 0.05) is 11.1 Å². The molecule has 2 rings (SSSR count). The molecule has 1 heterocycles. The Balaban J connectivity index is 2.21. The van der Waals surface area contributed by atoms with Gasteiger partial charge in [0.25, 0.3) is 11.8 Å². The van der Waals surface area contributed by atoms with Crippen LogP contribution in [-0.2, 0) is 16.1 Å². The summed E-state index contributed by atoms with van der Waals surface area (Å²) in [5.74, 6) is -0.297. The molecule has 0 radical (unpaired) electrons. The van der Waals surface area contributed by atoms with Gasteiger partial charge in [0.2, 0.25) is 0 Å². The van der Waals surface area contributed by atoms with E-state index in [9.17, 15) is 9.59 Å². The van der Waals surface area contributed by atoms with Gasteiger partial charge in [-0.25, -0.2) is 0 Å². The van der Waals surface area contributed by atoms with E-state index in [1.807, 2.05) is 37.3 Å². The molecule has 1 aromatic rings. The first-order valence-electron chi connectivity index (χ1n) is 5.75. The van der Waals surface area contributed by atoms with Crippen molar-refractivity contribution in [1.29, 1.82) is 0 Å². The van der Waals surface area contributed by atoms with E-state index in [4.69, 9.17) is 0 Å². The third kappa shape index (κ3) is 2.00. The van der Waals surface area contributed by atoms with E-state index < -0.39 is 0 Å². The molecule has 1 aliphatic heterocycles. The lowest BCUT2D eigenvalue weighted by atomic mass is 10.1. The van der Waals surface area contributed by atoms with Crippen molar-refractivity contribution < 1.29 is 9.59 Å². The molecule has 1 aromatic carbocycles. The van der Waals surface area contributed by atoms with Crippen molar-refractivity contribution in [2.24, 2.45) is 0 Å². The topological polar surface area (TPSA) is 37.4 Å². The maximum absolute atomic E-state index is 12.0. The van der Waals surface area contributed by atoms with E-state index in [2.05, 4.69) is 0 Å². The fourth-order valence-electron chi connectivity index (χ4n) is 2.07. The minimum absolute atomic E-state index is 0.140. The van der Waals surface area contributed by atoms with Crippen LogP contribution in [0.15, 0.2) is 41.5 Å². The van der Waals surface area contributed by atoms with Crippen molar-refractivity contribution in [2.75, 3.05) is 0 Å². The Morgan fingerprint density at radius 3 is 2.24 bits per heavy atom. The highest BCUT2D eigenvalue weighted by molar-refractivity contribution is 6.18. The minimum Gasteiger partial charge on any atom is -0.270 e. The molecule has 3 nitrogen and oxygen atoms in total. The van der Waals surface area contributed by atoms with Crippen LogP contribution in [0.4, 0.5) is 0 Å². The molecule has 0 bridgehead atoms. The van der Waals surface area contributed by atoms with Crippen LogP contribution in [0.25, 0.3) is 0 Å². The largest absolute Gasteiger partial charge is 0.270 e. The predicted molar refractivity (Wildman–Crippen MR) is 65.0 cm³/mol. The van der Waals surface area contributed by atoms with Gasteiger partial charge in [0.15, 0.2) is 0 Å². The van der Waals surface area contributed by atoms with E-state index in [1.165, 1.54) is 4.90 Å². The Bertz CT molecular complexity index is 488. The van der Waals surface area contributed by atoms with Gasteiger partial charge in [-0.3, -0.25) is 14.5 Å². The summed E-state index contributed by atoms with van der Waals surface area (Å²) in [5.41, 5.74) is 2.21. The smallest absolute Gasteiger partial charge is 0.257 e. The zero-order valence-electron chi connectivity index (χ0n) is 10.1. The van der Waals surface area contributed by atoms with Gasteiger partial charge < -0.3 is 0 Å². The van der Waals surface area contributed by atoms with Crippen molar-refractivity contribution in [1.82, 2.24) is 4.90 Å². The first kappa shape index (κ1) is 11.6. The fourth-order valence-corrected chi connectivity index (χ4v) is 2.07. The zero-order chi connectivity index (χ0) is 12.4. The first-order valence-corrected chi connectivity index (χ1v) is 5.75. The summed E-state index contributed by atoms with van der Waals surface area (Å²) >= 11 is 0. The molecular formula is C14H15NO2. The number of amides is 2. The van der Waals surface area contributed by atoms with E-state index >= 15 is 0 Å². The van der Waals surface area contributed by atoms with E-state index in [1.54, 1.807) is 6.92 Å². The van der Waals surface area contributed by atoms with Crippen LogP contribution in [0.2, 0.25) is 0 Å². The second-order valence-electron chi connectivity index (χ2n) is 4.14. The van der Waals surface area contributed by atoms with Crippen LogP contribution in [0.1, 0.15) is 25.8 Å². The maximum atomic E-state index is 12.0. The molecule has 0 aromatic heterocycles. The van der Waals surface area contributed by atoms with Gasteiger partial charge in [-0.2, -0.15) is 0 Å². The van der Waals surface area contributed by atoms with Gasteiger partial charge >= 0.3 is 0 Å². The number of rotatable bonds is 3. The Morgan fingerprint density at radius 1 is 1.06 bits per heavy atom. The minimum atomic E-state index is -0.157. The monoisotopic (exact) mass is 229 g/mol. The average molecular weight is 229 g/mol. The van der Waals surface area contributed by atoms with Crippen molar-refractivity contribution in [2.45, 2.75) is 26.8 Å². The second-order valence-corrected chi connectivity index (χ2v) is 4.14. The lowest BCUT2D eigenvalue weighted by Gasteiger charge is -2.14. The quantitative estimate of drug-likeness (QED) is 0.746. The van der Waals surface area contributed by atoms with Crippen LogP contribution in [0, 0.1) is 0 Å². The lowest BCUT2D eigenvalue weighted by molar-refractivity contribution is -0.138. The molecule has 17 heavy (non-hydrogen) atoms. The van der Waals surface area contributed by atoms with Crippen molar-refractivity contribution in [3.8, 4) is 0 Å². The van der Waals surface area contributed by atoms with Gasteiger partial charge in [-0.1, -0.05) is 37.3 Å². The standard InChI is InChI=1S/C14H15NO2/c1-3-12-10(2)13(16)15(14(12)17)9-11-7-5-4-6-8-11/h4-8H,3,9H2,1-2H3. The van der Waals surface area contributed by atoms with Gasteiger partial charge in [0.1, 0.15) is 0 Å². The molecule has 3 heteroatoms. The summed E-state index contributed by atoms with van der Waals surface area (Å²) in [4.78, 5) is 25.3. The van der Waals surface area contributed by atoms with Crippen molar-refractivity contribution in [3.05, 3.63) is 47.0 Å². The summed E-state index contributed by atoms with van der Waals surface area (Å²) in [6.45, 7) is 3.99. The lowest BCUT2D eigenvalue weighted by Crippen LogP contribution is -2.31. The number of hydrogen-bond acceptors (Lipinski definition) is 2. The third-order valence-corrected chi connectivity index (χ3v) is 3.06. The highest BCUT2D eigenvalue weighted by Gasteiger charge is 2.34. The molecule has 0 unspecified atom stereocenters. The van der Waals surface area contributed by atoms with Crippen molar-refractivity contribution >= 4 is 11.8 Å². The fraction of sp³-hybridized carbons (Fsp3) is 0.286. The van der Waals surface area contributed by atoms with Gasteiger partial charge in [0.05, 0.1) is 6.54 Å². The number of hydrogen-bond donors (Lipinski definition) is 0. The maximum Gasteiger partial charge on any atom is 0.257 e. The van der Waals surface area contributed by atoms with Crippen LogP contribution < -0.4 is 0 Å². The predicted octanol–water partition coefficient (Wildman–Crippen LogP) is 2.28. The molecule has 0 aliphatic carbocycles. The van der Waals surface area contributed by atoms with E-state index in [0.717, 1.165) is 5.56 Å².